The summed E-state index contributed by atoms with van der Waals surface area (Å²) in [7, 11) is -2.10. The largest absolute Gasteiger partial charge is 0.495 e. The zero-order valence-corrected chi connectivity index (χ0v) is 14.3. The van der Waals surface area contributed by atoms with E-state index in [9.17, 15) is 8.42 Å². The Balaban J connectivity index is 2.46. The molecule has 1 N–H and O–H groups in total. The lowest BCUT2D eigenvalue weighted by Crippen LogP contribution is -2.52. The van der Waals surface area contributed by atoms with Crippen LogP contribution >= 0.6 is 27.5 Å². The van der Waals surface area contributed by atoms with E-state index in [2.05, 4.69) is 21.2 Å². The van der Waals surface area contributed by atoms with Gasteiger partial charge in [0, 0.05) is 30.1 Å². The number of nitrogens with one attached hydrogen (secondary N) is 1. The molecule has 1 aromatic rings. The number of piperazine rings is 1. The minimum Gasteiger partial charge on any atom is -0.495 e. The van der Waals surface area contributed by atoms with Gasteiger partial charge in [-0.15, -0.1) is 0 Å². The zero-order chi connectivity index (χ0) is 14.9. The highest BCUT2D eigenvalue weighted by Crippen LogP contribution is 2.35. The van der Waals surface area contributed by atoms with Crippen molar-refractivity contribution in [1.29, 1.82) is 0 Å². The van der Waals surface area contributed by atoms with Crippen LogP contribution in [-0.4, -0.2) is 45.5 Å². The molecule has 1 heterocycles. The van der Waals surface area contributed by atoms with Crippen LogP contribution in [0.1, 0.15) is 6.92 Å². The van der Waals surface area contributed by atoms with Crippen molar-refractivity contribution in [1.82, 2.24) is 9.62 Å². The van der Waals surface area contributed by atoms with E-state index in [1.165, 1.54) is 17.5 Å². The van der Waals surface area contributed by atoms with Crippen LogP contribution in [0, 0.1) is 0 Å². The Bertz CT molecular complexity index is 609. The van der Waals surface area contributed by atoms with Gasteiger partial charge in [-0.3, -0.25) is 0 Å². The predicted octanol–water partition coefficient (Wildman–Crippen LogP) is 2.09. The lowest BCUT2D eigenvalue weighted by molar-refractivity contribution is 0.283. The molecule has 0 unspecified atom stereocenters. The molecule has 20 heavy (non-hydrogen) atoms. The lowest BCUT2D eigenvalue weighted by Gasteiger charge is -2.33. The molecule has 0 aliphatic carbocycles. The number of hydrogen-bond acceptors (Lipinski definition) is 4. The molecule has 0 amide bonds. The first kappa shape index (κ1) is 16.0. The van der Waals surface area contributed by atoms with Crippen LogP contribution < -0.4 is 10.1 Å². The topological polar surface area (TPSA) is 58.6 Å². The van der Waals surface area contributed by atoms with E-state index in [-0.39, 0.29) is 16.0 Å². The molecule has 0 bridgehead atoms. The van der Waals surface area contributed by atoms with Gasteiger partial charge in [-0.05, 0) is 35.0 Å². The third-order valence-electron chi connectivity index (χ3n) is 3.23. The normalized spacial score (nSPS) is 20.9. The van der Waals surface area contributed by atoms with Crippen LogP contribution in [0.3, 0.4) is 0 Å². The molecule has 0 aromatic heterocycles. The van der Waals surface area contributed by atoms with Gasteiger partial charge in [0.25, 0.3) is 0 Å². The summed E-state index contributed by atoms with van der Waals surface area (Å²) < 4.78 is 32.5. The first-order valence-corrected chi connectivity index (χ1v) is 8.74. The van der Waals surface area contributed by atoms with Crippen LogP contribution in [0.4, 0.5) is 0 Å². The van der Waals surface area contributed by atoms with Gasteiger partial charge in [0.2, 0.25) is 10.0 Å². The van der Waals surface area contributed by atoms with Crippen molar-refractivity contribution in [3.05, 3.63) is 21.6 Å². The van der Waals surface area contributed by atoms with Crippen molar-refractivity contribution in [3.63, 3.8) is 0 Å². The van der Waals surface area contributed by atoms with E-state index in [4.69, 9.17) is 16.3 Å². The molecular formula is C12H16BrClN2O3S. The minimum atomic E-state index is -3.58. The number of ether oxygens (including phenoxy) is 1. The number of methoxy groups -OCH3 is 1. The lowest BCUT2D eigenvalue weighted by atomic mass is 10.3. The highest BCUT2D eigenvalue weighted by Gasteiger charge is 2.32. The van der Waals surface area contributed by atoms with Gasteiger partial charge < -0.3 is 10.1 Å². The molecule has 1 aliphatic rings. The molecular weight excluding hydrogens is 368 g/mol. The van der Waals surface area contributed by atoms with Crippen LogP contribution in [0.25, 0.3) is 0 Å². The first-order chi connectivity index (χ1) is 9.37. The second-order valence-electron chi connectivity index (χ2n) is 4.59. The van der Waals surface area contributed by atoms with E-state index in [1.54, 1.807) is 6.07 Å². The van der Waals surface area contributed by atoms with Gasteiger partial charge in [-0.2, -0.15) is 4.31 Å². The summed E-state index contributed by atoms with van der Waals surface area (Å²) in [5, 5.41) is 3.44. The van der Waals surface area contributed by atoms with Crippen molar-refractivity contribution in [2.24, 2.45) is 0 Å². The molecule has 8 heteroatoms. The monoisotopic (exact) mass is 382 g/mol. The Hall–Kier alpha value is -0.340. The van der Waals surface area contributed by atoms with E-state index >= 15 is 0 Å². The van der Waals surface area contributed by atoms with E-state index in [1.807, 2.05) is 6.92 Å². The maximum absolute atomic E-state index is 12.7. The van der Waals surface area contributed by atoms with Crippen molar-refractivity contribution >= 4 is 37.6 Å². The van der Waals surface area contributed by atoms with Gasteiger partial charge in [-0.25, -0.2) is 8.42 Å². The number of rotatable bonds is 3. The van der Waals surface area contributed by atoms with Crippen LogP contribution in [0.2, 0.25) is 5.02 Å². The molecule has 1 atom stereocenters. The fourth-order valence-corrected chi connectivity index (χ4v) is 5.12. The molecule has 1 aromatic carbocycles. The molecule has 0 radical (unpaired) electrons. The molecule has 0 spiro atoms. The Morgan fingerprint density at radius 1 is 1.50 bits per heavy atom. The average Bonchev–Trinajstić information content (AvgIpc) is 2.41. The second-order valence-corrected chi connectivity index (χ2v) is 7.71. The molecule has 1 aliphatic heterocycles. The number of sulfonamides is 1. The third-order valence-corrected chi connectivity index (χ3v) is 6.50. The van der Waals surface area contributed by atoms with Crippen LogP contribution in [-0.2, 0) is 10.0 Å². The van der Waals surface area contributed by atoms with Gasteiger partial charge in [0.1, 0.15) is 5.75 Å². The quantitative estimate of drug-likeness (QED) is 0.868. The fourth-order valence-electron chi connectivity index (χ4n) is 2.17. The standard InChI is InChI=1S/C12H16BrClN2O3S/c1-8-7-15-3-4-16(8)20(17,18)12-6-10(14)11(19-2)5-9(12)13/h5-6,8,15H,3-4,7H2,1-2H3/t8-/m0/s1. The highest BCUT2D eigenvalue weighted by molar-refractivity contribution is 9.10. The van der Waals surface area contributed by atoms with Gasteiger partial charge >= 0.3 is 0 Å². The summed E-state index contributed by atoms with van der Waals surface area (Å²) in [4.78, 5) is 0.164. The summed E-state index contributed by atoms with van der Waals surface area (Å²) >= 11 is 9.33. The Labute approximate surface area is 132 Å². The number of nitrogens with zero attached hydrogens (tertiary/aromatic N) is 1. The molecule has 5 nitrogen and oxygen atoms in total. The van der Waals surface area contributed by atoms with Crippen molar-refractivity contribution in [3.8, 4) is 5.75 Å². The molecule has 112 valence electrons. The van der Waals surface area contributed by atoms with Crippen molar-refractivity contribution in [2.75, 3.05) is 26.7 Å². The molecule has 1 fully saturated rings. The molecule has 1 saturated heterocycles. The maximum Gasteiger partial charge on any atom is 0.244 e. The summed E-state index contributed by atoms with van der Waals surface area (Å²) in [6.07, 6.45) is 0. The summed E-state index contributed by atoms with van der Waals surface area (Å²) in [5.74, 6) is 0.436. The van der Waals surface area contributed by atoms with E-state index in [0.29, 0.717) is 29.9 Å². The van der Waals surface area contributed by atoms with Crippen molar-refractivity contribution < 1.29 is 13.2 Å². The van der Waals surface area contributed by atoms with Crippen LogP contribution in [0.5, 0.6) is 5.75 Å². The van der Waals surface area contributed by atoms with Crippen molar-refractivity contribution in [2.45, 2.75) is 17.9 Å². The van der Waals surface area contributed by atoms with Gasteiger partial charge in [0.15, 0.2) is 0 Å². The van der Waals surface area contributed by atoms with Gasteiger partial charge in [-0.1, -0.05) is 11.6 Å². The predicted molar refractivity (Wildman–Crippen MR) is 81.9 cm³/mol. The highest BCUT2D eigenvalue weighted by atomic mass is 79.9. The zero-order valence-electron chi connectivity index (χ0n) is 11.2. The van der Waals surface area contributed by atoms with Crippen LogP contribution in [0.15, 0.2) is 21.5 Å². The maximum atomic E-state index is 12.7. The fraction of sp³-hybridized carbons (Fsp3) is 0.500. The van der Waals surface area contributed by atoms with E-state index in [0.717, 1.165) is 0 Å². The Kier molecular flexibility index (Phi) is 4.96. The summed E-state index contributed by atoms with van der Waals surface area (Å²) in [6, 6.07) is 2.90. The van der Waals surface area contributed by atoms with Gasteiger partial charge in [0.05, 0.1) is 17.0 Å². The Morgan fingerprint density at radius 2 is 2.20 bits per heavy atom. The average molecular weight is 384 g/mol. The SMILES string of the molecule is COc1cc(Br)c(S(=O)(=O)N2CCNC[C@@H]2C)cc1Cl. The summed E-state index contributed by atoms with van der Waals surface area (Å²) in [6.45, 7) is 3.61. The smallest absolute Gasteiger partial charge is 0.244 e. The first-order valence-electron chi connectivity index (χ1n) is 6.13. The number of benzene rings is 1. The number of hydrogen-bond donors (Lipinski definition) is 1. The third kappa shape index (κ3) is 2.96. The minimum absolute atomic E-state index is 0.0958. The Morgan fingerprint density at radius 3 is 2.80 bits per heavy atom. The molecule has 2 rings (SSSR count). The molecule has 0 saturated carbocycles. The number of halogens is 2. The van der Waals surface area contributed by atoms with E-state index < -0.39 is 10.0 Å². The second kappa shape index (κ2) is 6.19. The summed E-state index contributed by atoms with van der Waals surface area (Å²) in [5.41, 5.74) is 0.